The predicted molar refractivity (Wildman–Crippen MR) is 171 cm³/mol. The fourth-order valence-corrected chi connectivity index (χ4v) is 6.32. The largest absolute Gasteiger partial charge is 0.494 e. The highest BCUT2D eigenvalue weighted by Crippen LogP contribution is 2.47. The lowest BCUT2D eigenvalue weighted by Crippen LogP contribution is -2.34. The van der Waals surface area contributed by atoms with Crippen LogP contribution in [0.3, 0.4) is 0 Å². The maximum absolute atomic E-state index is 14.0. The Morgan fingerprint density at radius 1 is 0.886 bits per heavy atom. The van der Waals surface area contributed by atoms with Crippen molar-refractivity contribution >= 4 is 11.6 Å². The van der Waals surface area contributed by atoms with E-state index < -0.39 is 5.91 Å². The van der Waals surface area contributed by atoms with Gasteiger partial charge in [-0.1, -0.05) is 70.2 Å². The quantitative estimate of drug-likeness (QED) is 0.189. The average Bonchev–Trinajstić information content (AvgIpc) is 3.74. The molecule has 1 aliphatic rings. The van der Waals surface area contributed by atoms with Gasteiger partial charge in [-0.05, 0) is 82.7 Å². The van der Waals surface area contributed by atoms with Gasteiger partial charge in [-0.3, -0.25) is 14.3 Å². The van der Waals surface area contributed by atoms with Gasteiger partial charge in [-0.25, -0.2) is 0 Å². The van der Waals surface area contributed by atoms with E-state index in [4.69, 9.17) is 8.83 Å². The zero-order valence-electron chi connectivity index (χ0n) is 26.1. The number of benzene rings is 2. The standard InChI is InChI=1S/C37H40N2O5/c1-24-18-29-30(37(4,5)16-15-36(29,2)3)20-26(24)19-27-13-14-32(44-27)35(42)38(23-28-12-9-17-43-28)31-21-33(40)39(34(31)41)22-25-10-7-6-8-11-25/h6-14,17-18,20-21,40-41H,15-16,19,22-23H2,1-5H3. The highest BCUT2D eigenvalue weighted by molar-refractivity contribution is 6.05. The Morgan fingerprint density at radius 3 is 2.27 bits per heavy atom. The number of amides is 1. The molecule has 5 aromatic rings. The molecule has 0 fully saturated rings. The molecule has 1 amide bonds. The SMILES string of the molecule is Cc1cc2c(cc1Cc1ccc(C(=O)N(Cc3ccco3)c3cc(O)n(Cc4ccccc4)c3O)o1)C(C)(C)CCC2(C)C. The summed E-state index contributed by atoms with van der Waals surface area (Å²) in [5.74, 6) is 0.496. The fraction of sp³-hybridized carbons (Fsp3) is 0.324. The minimum Gasteiger partial charge on any atom is -0.494 e. The number of rotatable bonds is 8. The molecule has 0 aliphatic heterocycles. The van der Waals surface area contributed by atoms with Gasteiger partial charge in [-0.15, -0.1) is 0 Å². The summed E-state index contributed by atoms with van der Waals surface area (Å²) in [5, 5.41) is 22.0. The van der Waals surface area contributed by atoms with E-state index >= 15 is 0 Å². The van der Waals surface area contributed by atoms with E-state index in [-0.39, 0.29) is 47.1 Å². The minimum atomic E-state index is -0.454. The number of aryl methyl sites for hydroxylation is 1. The van der Waals surface area contributed by atoms with Crippen molar-refractivity contribution in [1.29, 1.82) is 0 Å². The summed E-state index contributed by atoms with van der Waals surface area (Å²) in [5.41, 5.74) is 6.47. The van der Waals surface area contributed by atoms with E-state index in [1.165, 1.54) is 44.1 Å². The molecule has 7 heteroatoms. The van der Waals surface area contributed by atoms with Crippen molar-refractivity contribution in [2.24, 2.45) is 0 Å². The molecule has 2 aromatic carbocycles. The monoisotopic (exact) mass is 592 g/mol. The van der Waals surface area contributed by atoms with Gasteiger partial charge in [-0.2, -0.15) is 0 Å². The van der Waals surface area contributed by atoms with Crippen molar-refractivity contribution in [3.05, 3.63) is 124 Å². The summed E-state index contributed by atoms with van der Waals surface area (Å²) >= 11 is 0. The molecule has 7 nitrogen and oxygen atoms in total. The number of anilines is 1. The van der Waals surface area contributed by atoms with Crippen LogP contribution in [0, 0.1) is 6.92 Å². The van der Waals surface area contributed by atoms with Gasteiger partial charge in [0.2, 0.25) is 5.88 Å². The lowest BCUT2D eigenvalue weighted by molar-refractivity contribution is 0.0954. The molecule has 3 aromatic heterocycles. The van der Waals surface area contributed by atoms with Gasteiger partial charge < -0.3 is 19.0 Å². The van der Waals surface area contributed by atoms with E-state index in [1.807, 2.05) is 36.4 Å². The number of aromatic hydroxyl groups is 2. The number of hydrogen-bond donors (Lipinski definition) is 2. The topological polar surface area (TPSA) is 92.0 Å². The fourth-order valence-electron chi connectivity index (χ4n) is 6.32. The summed E-state index contributed by atoms with van der Waals surface area (Å²) < 4.78 is 13.1. The van der Waals surface area contributed by atoms with E-state index in [0.29, 0.717) is 17.9 Å². The molecule has 0 unspecified atom stereocenters. The van der Waals surface area contributed by atoms with Crippen molar-refractivity contribution in [2.75, 3.05) is 4.90 Å². The third kappa shape index (κ3) is 5.54. The first kappa shape index (κ1) is 29.4. The van der Waals surface area contributed by atoms with Crippen LogP contribution < -0.4 is 4.90 Å². The molecule has 0 bridgehead atoms. The second-order valence-corrected chi connectivity index (χ2v) is 13.3. The molecule has 0 spiro atoms. The Kier molecular flexibility index (Phi) is 7.44. The van der Waals surface area contributed by atoms with E-state index in [1.54, 1.807) is 18.2 Å². The van der Waals surface area contributed by atoms with Crippen molar-refractivity contribution in [3.63, 3.8) is 0 Å². The minimum absolute atomic E-state index is 0.0407. The smallest absolute Gasteiger partial charge is 0.294 e. The van der Waals surface area contributed by atoms with Crippen LogP contribution in [-0.4, -0.2) is 20.7 Å². The molecule has 0 atom stereocenters. The second kappa shape index (κ2) is 11.1. The van der Waals surface area contributed by atoms with Gasteiger partial charge in [0, 0.05) is 12.5 Å². The van der Waals surface area contributed by atoms with E-state index in [2.05, 4.69) is 46.8 Å². The number of nitrogens with zero attached hydrogens (tertiary/aromatic N) is 2. The van der Waals surface area contributed by atoms with Gasteiger partial charge >= 0.3 is 0 Å². The molecule has 44 heavy (non-hydrogen) atoms. The Balaban J connectivity index is 1.30. The van der Waals surface area contributed by atoms with Crippen molar-refractivity contribution < 1.29 is 23.8 Å². The first-order chi connectivity index (χ1) is 20.9. The summed E-state index contributed by atoms with van der Waals surface area (Å²) in [4.78, 5) is 15.3. The van der Waals surface area contributed by atoms with Crippen LogP contribution in [0.1, 0.15) is 90.4 Å². The molecule has 0 saturated carbocycles. The number of furan rings is 2. The molecule has 0 radical (unpaired) electrons. The normalized spacial score (nSPS) is 15.2. The Morgan fingerprint density at radius 2 is 1.59 bits per heavy atom. The molecule has 3 heterocycles. The van der Waals surface area contributed by atoms with Crippen LogP contribution in [0.15, 0.2) is 87.9 Å². The summed E-state index contributed by atoms with van der Waals surface area (Å²) in [6.07, 6.45) is 4.38. The van der Waals surface area contributed by atoms with E-state index in [0.717, 1.165) is 18.4 Å². The van der Waals surface area contributed by atoms with Crippen molar-refractivity contribution in [3.8, 4) is 11.8 Å². The third-order valence-electron chi connectivity index (χ3n) is 9.19. The highest BCUT2D eigenvalue weighted by atomic mass is 16.4. The van der Waals surface area contributed by atoms with Gasteiger partial charge in [0.05, 0.1) is 19.4 Å². The number of hydrogen-bond acceptors (Lipinski definition) is 5. The van der Waals surface area contributed by atoms with Crippen LogP contribution in [0.25, 0.3) is 0 Å². The Bertz CT molecular complexity index is 1790. The molecule has 2 N–H and O–H groups in total. The van der Waals surface area contributed by atoms with Crippen LogP contribution in [0.2, 0.25) is 0 Å². The lowest BCUT2D eigenvalue weighted by Gasteiger charge is -2.42. The van der Waals surface area contributed by atoms with Gasteiger partial charge in [0.1, 0.15) is 17.2 Å². The average molecular weight is 593 g/mol. The van der Waals surface area contributed by atoms with Crippen LogP contribution in [-0.2, 0) is 30.3 Å². The summed E-state index contributed by atoms with van der Waals surface area (Å²) in [6.45, 7) is 11.7. The molecule has 6 rings (SSSR count). The number of carbonyl (C=O) groups is 1. The number of fused-ring (bicyclic) bond motifs is 1. The predicted octanol–water partition coefficient (Wildman–Crippen LogP) is 8.23. The third-order valence-corrected chi connectivity index (χ3v) is 9.19. The van der Waals surface area contributed by atoms with Gasteiger partial charge in [0.15, 0.2) is 11.6 Å². The first-order valence-electron chi connectivity index (χ1n) is 15.2. The maximum Gasteiger partial charge on any atom is 0.294 e. The second-order valence-electron chi connectivity index (χ2n) is 13.3. The Hall–Kier alpha value is -4.65. The molecule has 1 aliphatic carbocycles. The summed E-state index contributed by atoms with van der Waals surface area (Å²) in [7, 11) is 0. The zero-order valence-corrected chi connectivity index (χ0v) is 26.1. The molecular formula is C37H40N2O5. The lowest BCUT2D eigenvalue weighted by atomic mass is 9.62. The van der Waals surface area contributed by atoms with Gasteiger partial charge in [0.25, 0.3) is 5.91 Å². The Labute approximate surface area is 258 Å². The molecule has 0 saturated heterocycles. The number of carbonyl (C=O) groups excluding carboxylic acids is 1. The van der Waals surface area contributed by atoms with E-state index in [9.17, 15) is 15.0 Å². The van der Waals surface area contributed by atoms with Crippen molar-refractivity contribution in [1.82, 2.24) is 4.57 Å². The highest BCUT2D eigenvalue weighted by Gasteiger charge is 2.37. The van der Waals surface area contributed by atoms with Crippen molar-refractivity contribution in [2.45, 2.75) is 77.8 Å². The van der Waals surface area contributed by atoms with Crippen LogP contribution >= 0.6 is 0 Å². The molecule has 228 valence electrons. The maximum atomic E-state index is 14.0. The van der Waals surface area contributed by atoms with Crippen LogP contribution in [0.5, 0.6) is 11.8 Å². The number of aromatic nitrogens is 1. The summed E-state index contributed by atoms with van der Waals surface area (Å²) in [6, 6.07) is 22.6. The zero-order chi connectivity index (χ0) is 31.2. The molecular weight excluding hydrogens is 552 g/mol. The first-order valence-corrected chi connectivity index (χ1v) is 15.2. The van der Waals surface area contributed by atoms with Crippen LogP contribution in [0.4, 0.5) is 5.69 Å².